The summed E-state index contributed by atoms with van der Waals surface area (Å²) in [5.41, 5.74) is 5.27. The number of alkyl halides is 3. The first-order valence-corrected chi connectivity index (χ1v) is 5.16. The Morgan fingerprint density at radius 1 is 1.33 bits per heavy atom. The highest BCUT2D eigenvalue weighted by atomic mass is 19.4. The molecule has 15 heavy (non-hydrogen) atoms. The maximum Gasteiger partial charge on any atom is 0.389 e. The molecular formula is C10H18F3NO. The van der Waals surface area contributed by atoms with E-state index in [1.807, 2.05) is 0 Å². The third-order valence-electron chi connectivity index (χ3n) is 2.27. The lowest BCUT2D eigenvalue weighted by Crippen LogP contribution is -2.14. The van der Waals surface area contributed by atoms with Gasteiger partial charge < -0.3 is 5.73 Å². The highest BCUT2D eigenvalue weighted by Crippen LogP contribution is 2.23. The topological polar surface area (TPSA) is 43.1 Å². The Bertz CT molecular complexity index is 192. The van der Waals surface area contributed by atoms with Crippen LogP contribution < -0.4 is 5.73 Å². The average Bonchev–Trinajstić information content (AvgIpc) is 2.11. The molecule has 0 aromatic rings. The number of carbonyl (C=O) groups is 1. The molecule has 0 saturated heterocycles. The van der Waals surface area contributed by atoms with Crippen LogP contribution in [0.25, 0.3) is 0 Å². The molecule has 0 aliphatic heterocycles. The summed E-state index contributed by atoms with van der Waals surface area (Å²) in [6.45, 7) is 2.26. The molecule has 0 spiro atoms. The molecule has 0 heterocycles. The molecule has 0 aliphatic carbocycles. The number of Topliss-reactive ketones (excluding diaryl/α,β-unsaturated/α-hetero) is 1. The number of ketones is 1. The maximum atomic E-state index is 11.8. The van der Waals surface area contributed by atoms with E-state index in [0.29, 0.717) is 13.0 Å². The molecule has 0 aromatic carbocycles. The summed E-state index contributed by atoms with van der Waals surface area (Å²) in [4.78, 5) is 11.3. The molecule has 90 valence electrons. The summed E-state index contributed by atoms with van der Waals surface area (Å²) in [5.74, 6) is -0.255. The van der Waals surface area contributed by atoms with Gasteiger partial charge in [0.1, 0.15) is 5.78 Å². The van der Waals surface area contributed by atoms with Crippen molar-refractivity contribution in [3.8, 4) is 0 Å². The second kappa shape index (κ2) is 6.82. The van der Waals surface area contributed by atoms with Crippen LogP contribution in [0.3, 0.4) is 0 Å². The third-order valence-corrected chi connectivity index (χ3v) is 2.27. The normalized spacial score (nSPS) is 13.9. The first-order valence-electron chi connectivity index (χ1n) is 5.16. The van der Waals surface area contributed by atoms with E-state index in [4.69, 9.17) is 5.73 Å². The van der Waals surface area contributed by atoms with Gasteiger partial charge in [0.15, 0.2) is 0 Å². The van der Waals surface area contributed by atoms with E-state index in [0.717, 1.165) is 6.42 Å². The first kappa shape index (κ1) is 14.4. The van der Waals surface area contributed by atoms with Gasteiger partial charge in [-0.2, -0.15) is 13.2 Å². The van der Waals surface area contributed by atoms with E-state index in [-0.39, 0.29) is 24.5 Å². The Morgan fingerprint density at radius 3 is 2.40 bits per heavy atom. The van der Waals surface area contributed by atoms with E-state index in [9.17, 15) is 18.0 Å². The standard InChI is InChI=1S/C10H18F3NO/c1-8(4-3-7-14)9(15)5-2-6-10(11,12)13/h8H,2-7,14H2,1H3. The smallest absolute Gasteiger partial charge is 0.330 e. The molecule has 0 fully saturated rings. The summed E-state index contributed by atoms with van der Waals surface area (Å²) in [6, 6.07) is 0. The predicted molar refractivity (Wildman–Crippen MR) is 52.4 cm³/mol. The highest BCUT2D eigenvalue weighted by molar-refractivity contribution is 5.80. The van der Waals surface area contributed by atoms with Crippen LogP contribution >= 0.6 is 0 Å². The van der Waals surface area contributed by atoms with Crippen LogP contribution in [0.5, 0.6) is 0 Å². The molecule has 2 nitrogen and oxygen atoms in total. The lowest BCUT2D eigenvalue weighted by molar-refractivity contribution is -0.137. The molecule has 2 N–H and O–H groups in total. The molecule has 0 rings (SSSR count). The molecule has 5 heteroatoms. The lowest BCUT2D eigenvalue weighted by atomic mass is 9.97. The lowest BCUT2D eigenvalue weighted by Gasteiger charge is -2.10. The van der Waals surface area contributed by atoms with Gasteiger partial charge in [-0.15, -0.1) is 0 Å². The molecule has 0 aliphatic rings. The zero-order chi connectivity index (χ0) is 11.9. The van der Waals surface area contributed by atoms with Gasteiger partial charge in [-0.05, 0) is 25.8 Å². The fourth-order valence-corrected chi connectivity index (χ4v) is 1.29. The van der Waals surface area contributed by atoms with Crippen LogP contribution in [0.1, 0.15) is 39.0 Å². The third kappa shape index (κ3) is 8.42. The molecule has 0 radical (unpaired) electrons. The van der Waals surface area contributed by atoms with E-state index < -0.39 is 12.6 Å². The highest BCUT2D eigenvalue weighted by Gasteiger charge is 2.26. The molecule has 1 unspecified atom stereocenters. The summed E-state index contributed by atoms with van der Waals surface area (Å²) in [6.07, 6.45) is -3.70. The van der Waals surface area contributed by atoms with Crippen molar-refractivity contribution in [2.75, 3.05) is 6.54 Å². The van der Waals surface area contributed by atoms with Crippen molar-refractivity contribution >= 4 is 5.78 Å². The molecule has 0 aromatic heterocycles. The van der Waals surface area contributed by atoms with E-state index in [1.165, 1.54) is 0 Å². The molecule has 1 atom stereocenters. The number of carbonyl (C=O) groups excluding carboxylic acids is 1. The fraction of sp³-hybridized carbons (Fsp3) is 0.900. The second-order valence-corrected chi connectivity index (χ2v) is 3.77. The summed E-state index contributed by atoms with van der Waals surface area (Å²) in [7, 11) is 0. The van der Waals surface area contributed by atoms with Gasteiger partial charge in [-0.25, -0.2) is 0 Å². The van der Waals surface area contributed by atoms with Crippen LogP contribution in [0, 0.1) is 5.92 Å². The van der Waals surface area contributed by atoms with Gasteiger partial charge in [0, 0.05) is 18.8 Å². The summed E-state index contributed by atoms with van der Waals surface area (Å²) in [5, 5.41) is 0. The van der Waals surface area contributed by atoms with Crippen LogP contribution in [0.2, 0.25) is 0 Å². The summed E-state index contributed by atoms with van der Waals surface area (Å²) >= 11 is 0. The van der Waals surface area contributed by atoms with Gasteiger partial charge >= 0.3 is 6.18 Å². The molecule has 0 saturated carbocycles. The quantitative estimate of drug-likeness (QED) is 0.723. The van der Waals surface area contributed by atoms with Crippen molar-refractivity contribution in [1.82, 2.24) is 0 Å². The van der Waals surface area contributed by atoms with Gasteiger partial charge in [-0.3, -0.25) is 4.79 Å². The SMILES string of the molecule is CC(CCCN)C(=O)CCCC(F)(F)F. The Morgan fingerprint density at radius 2 is 1.93 bits per heavy atom. The minimum Gasteiger partial charge on any atom is -0.330 e. The first-order chi connectivity index (χ1) is 6.87. The largest absolute Gasteiger partial charge is 0.389 e. The number of hydrogen-bond acceptors (Lipinski definition) is 2. The predicted octanol–water partition coefficient (Wildman–Crippen LogP) is 2.66. The van der Waals surface area contributed by atoms with E-state index >= 15 is 0 Å². The van der Waals surface area contributed by atoms with E-state index in [1.54, 1.807) is 6.92 Å². The number of halogens is 3. The fourth-order valence-electron chi connectivity index (χ4n) is 1.29. The molecular weight excluding hydrogens is 207 g/mol. The van der Waals surface area contributed by atoms with Crippen molar-refractivity contribution < 1.29 is 18.0 Å². The van der Waals surface area contributed by atoms with E-state index in [2.05, 4.69) is 0 Å². The van der Waals surface area contributed by atoms with Gasteiger partial charge in [0.05, 0.1) is 0 Å². The Labute approximate surface area is 88.0 Å². The van der Waals surface area contributed by atoms with Crippen molar-refractivity contribution in [2.45, 2.75) is 45.2 Å². The maximum absolute atomic E-state index is 11.8. The van der Waals surface area contributed by atoms with Gasteiger partial charge in [-0.1, -0.05) is 6.92 Å². The number of hydrogen-bond donors (Lipinski definition) is 1. The van der Waals surface area contributed by atoms with Crippen molar-refractivity contribution in [3.63, 3.8) is 0 Å². The minimum absolute atomic E-state index is 0.0191. The average molecular weight is 225 g/mol. The second-order valence-electron chi connectivity index (χ2n) is 3.77. The monoisotopic (exact) mass is 225 g/mol. The van der Waals surface area contributed by atoms with Crippen molar-refractivity contribution in [1.29, 1.82) is 0 Å². The van der Waals surface area contributed by atoms with Crippen LogP contribution in [0.15, 0.2) is 0 Å². The van der Waals surface area contributed by atoms with Crippen LogP contribution in [0.4, 0.5) is 13.2 Å². The van der Waals surface area contributed by atoms with Gasteiger partial charge in [0.2, 0.25) is 0 Å². The number of rotatable bonds is 7. The zero-order valence-electron chi connectivity index (χ0n) is 8.94. The van der Waals surface area contributed by atoms with Gasteiger partial charge in [0.25, 0.3) is 0 Å². The van der Waals surface area contributed by atoms with Crippen LogP contribution in [-0.4, -0.2) is 18.5 Å². The van der Waals surface area contributed by atoms with Crippen molar-refractivity contribution in [2.24, 2.45) is 11.7 Å². The van der Waals surface area contributed by atoms with Crippen LogP contribution in [-0.2, 0) is 4.79 Å². The minimum atomic E-state index is -4.15. The Balaban J connectivity index is 3.64. The molecule has 0 bridgehead atoms. The zero-order valence-corrected chi connectivity index (χ0v) is 8.94. The Kier molecular flexibility index (Phi) is 6.56. The number of nitrogens with two attached hydrogens (primary N) is 1. The Hall–Kier alpha value is -0.580. The summed E-state index contributed by atoms with van der Waals surface area (Å²) < 4.78 is 35.3. The van der Waals surface area contributed by atoms with Crippen molar-refractivity contribution in [3.05, 3.63) is 0 Å². The molecule has 0 amide bonds.